The van der Waals surface area contributed by atoms with E-state index >= 15 is 0 Å². The van der Waals surface area contributed by atoms with Crippen molar-refractivity contribution in [3.05, 3.63) is 50.9 Å². The highest BCUT2D eigenvalue weighted by Gasteiger charge is 2.04. The molecule has 0 bridgehead atoms. The van der Waals surface area contributed by atoms with Crippen molar-refractivity contribution in [2.75, 3.05) is 27.2 Å². The maximum absolute atomic E-state index is 6.00. The van der Waals surface area contributed by atoms with E-state index in [0.29, 0.717) is 0 Å². The number of aryl methyl sites for hydroxylation is 1. The van der Waals surface area contributed by atoms with Crippen LogP contribution in [-0.4, -0.2) is 32.1 Å². The Balaban J connectivity index is 1.86. The van der Waals surface area contributed by atoms with Crippen LogP contribution in [0.3, 0.4) is 0 Å². The van der Waals surface area contributed by atoms with Crippen LogP contribution in [0.1, 0.15) is 22.6 Å². The third-order valence-corrected chi connectivity index (χ3v) is 4.89. The summed E-state index contributed by atoms with van der Waals surface area (Å²) in [7, 11) is 4.19. The number of nitrogens with zero attached hydrogens (tertiary/aromatic N) is 1. The zero-order valence-electron chi connectivity index (χ0n) is 12.7. The summed E-state index contributed by atoms with van der Waals surface area (Å²) < 4.78 is 6.00. The van der Waals surface area contributed by atoms with Crippen LogP contribution in [0, 0.1) is 0 Å². The molecular formula is C17H23NOS2. The van der Waals surface area contributed by atoms with Gasteiger partial charge < -0.3 is 9.64 Å². The predicted molar refractivity (Wildman–Crippen MR) is 94.1 cm³/mol. The Labute approximate surface area is 135 Å². The van der Waals surface area contributed by atoms with Crippen LogP contribution in [-0.2, 0) is 11.2 Å². The first kappa shape index (κ1) is 16.3. The van der Waals surface area contributed by atoms with Crippen molar-refractivity contribution in [1.29, 1.82) is 0 Å². The van der Waals surface area contributed by atoms with Gasteiger partial charge in [-0.05, 0) is 62.3 Å². The van der Waals surface area contributed by atoms with Gasteiger partial charge in [-0.2, -0.15) is 0 Å². The molecule has 2 nitrogen and oxygen atoms in total. The zero-order chi connectivity index (χ0) is 14.9. The third kappa shape index (κ3) is 6.04. The van der Waals surface area contributed by atoms with Gasteiger partial charge in [0, 0.05) is 11.4 Å². The quantitative estimate of drug-likeness (QED) is 0.488. The van der Waals surface area contributed by atoms with E-state index in [9.17, 15) is 0 Å². The molecule has 0 radical (unpaired) electrons. The van der Waals surface area contributed by atoms with Crippen LogP contribution in [0.25, 0.3) is 5.76 Å². The highest BCUT2D eigenvalue weighted by Crippen LogP contribution is 2.23. The van der Waals surface area contributed by atoms with Crippen molar-refractivity contribution in [2.45, 2.75) is 19.3 Å². The second-order valence-electron chi connectivity index (χ2n) is 5.17. The molecule has 0 atom stereocenters. The van der Waals surface area contributed by atoms with E-state index < -0.39 is 0 Å². The Morgan fingerprint density at radius 3 is 2.67 bits per heavy atom. The predicted octanol–water partition coefficient (Wildman–Crippen LogP) is 4.75. The summed E-state index contributed by atoms with van der Waals surface area (Å²) in [6.45, 7) is 1.84. The highest BCUT2D eigenvalue weighted by molar-refractivity contribution is 7.11. The Morgan fingerprint density at radius 1 is 1.19 bits per heavy atom. The zero-order valence-corrected chi connectivity index (χ0v) is 14.4. The van der Waals surface area contributed by atoms with Gasteiger partial charge in [0.2, 0.25) is 0 Å². The fourth-order valence-electron chi connectivity index (χ4n) is 2.01. The number of rotatable bonds is 9. The van der Waals surface area contributed by atoms with E-state index in [1.165, 1.54) is 9.75 Å². The van der Waals surface area contributed by atoms with Gasteiger partial charge in [-0.1, -0.05) is 12.1 Å². The second kappa shape index (κ2) is 9.03. The van der Waals surface area contributed by atoms with Crippen molar-refractivity contribution in [1.82, 2.24) is 4.90 Å². The molecule has 0 aliphatic heterocycles. The fourth-order valence-corrected chi connectivity index (χ4v) is 3.46. The number of hydrogen-bond acceptors (Lipinski definition) is 4. The minimum absolute atomic E-state index is 0.779. The summed E-state index contributed by atoms with van der Waals surface area (Å²) in [5.41, 5.74) is 0. The number of ether oxygens (including phenoxy) is 1. The van der Waals surface area contributed by atoms with E-state index in [4.69, 9.17) is 4.74 Å². The summed E-state index contributed by atoms with van der Waals surface area (Å²) >= 11 is 3.57. The summed E-state index contributed by atoms with van der Waals surface area (Å²) in [5, 5.41) is 4.24. The molecule has 2 heterocycles. The molecule has 0 aromatic carbocycles. The van der Waals surface area contributed by atoms with Gasteiger partial charge in [-0.15, -0.1) is 22.7 Å². The van der Waals surface area contributed by atoms with Gasteiger partial charge in [0.15, 0.2) is 0 Å². The molecule has 2 rings (SSSR count). The van der Waals surface area contributed by atoms with E-state index in [1.54, 1.807) is 11.3 Å². The van der Waals surface area contributed by atoms with Crippen molar-refractivity contribution < 1.29 is 4.74 Å². The molecule has 114 valence electrons. The van der Waals surface area contributed by atoms with Crippen LogP contribution in [0.5, 0.6) is 0 Å². The summed E-state index contributed by atoms with van der Waals surface area (Å²) in [4.78, 5) is 4.85. The highest BCUT2D eigenvalue weighted by atomic mass is 32.1. The van der Waals surface area contributed by atoms with Gasteiger partial charge in [-0.25, -0.2) is 0 Å². The van der Waals surface area contributed by atoms with Crippen LogP contribution in [0.2, 0.25) is 0 Å². The lowest BCUT2D eigenvalue weighted by Crippen LogP contribution is -2.14. The molecule has 0 amide bonds. The second-order valence-corrected chi connectivity index (χ2v) is 7.15. The molecule has 0 aliphatic carbocycles. The average molecular weight is 322 g/mol. The number of allylic oxidation sites excluding steroid dienone is 1. The Bertz CT molecular complexity index is 515. The third-order valence-electron chi connectivity index (χ3n) is 3.07. The summed E-state index contributed by atoms with van der Waals surface area (Å²) in [5.74, 6) is 1.04. The van der Waals surface area contributed by atoms with Crippen molar-refractivity contribution in [3.8, 4) is 0 Å². The van der Waals surface area contributed by atoms with E-state index in [-0.39, 0.29) is 0 Å². The van der Waals surface area contributed by atoms with Crippen molar-refractivity contribution >= 4 is 28.4 Å². The SMILES string of the molecule is CN(C)CCCOC(=CCCc1cccs1)c1cccs1. The molecule has 0 N–H and O–H groups in total. The lowest BCUT2D eigenvalue weighted by atomic mass is 10.2. The van der Waals surface area contributed by atoms with E-state index in [0.717, 1.165) is 38.2 Å². The summed E-state index contributed by atoms with van der Waals surface area (Å²) in [6.07, 6.45) is 5.41. The molecule has 0 fully saturated rings. The minimum atomic E-state index is 0.779. The van der Waals surface area contributed by atoms with Crippen LogP contribution >= 0.6 is 22.7 Å². The van der Waals surface area contributed by atoms with Crippen LogP contribution < -0.4 is 0 Å². The average Bonchev–Trinajstić information content (AvgIpc) is 3.13. The van der Waals surface area contributed by atoms with E-state index in [1.807, 2.05) is 11.3 Å². The van der Waals surface area contributed by atoms with Crippen LogP contribution in [0.4, 0.5) is 0 Å². The molecule has 0 saturated carbocycles. The van der Waals surface area contributed by atoms with Crippen LogP contribution in [0.15, 0.2) is 41.1 Å². The smallest absolute Gasteiger partial charge is 0.132 e. The summed E-state index contributed by atoms with van der Waals surface area (Å²) in [6, 6.07) is 8.52. The van der Waals surface area contributed by atoms with Gasteiger partial charge >= 0.3 is 0 Å². The largest absolute Gasteiger partial charge is 0.492 e. The Morgan fingerprint density at radius 2 is 2.00 bits per heavy atom. The molecular weight excluding hydrogens is 298 g/mol. The topological polar surface area (TPSA) is 12.5 Å². The van der Waals surface area contributed by atoms with Gasteiger partial charge in [0.1, 0.15) is 5.76 Å². The normalized spacial score (nSPS) is 12.0. The van der Waals surface area contributed by atoms with Gasteiger partial charge in [0.25, 0.3) is 0 Å². The molecule has 0 spiro atoms. The number of thiophene rings is 2. The lowest BCUT2D eigenvalue weighted by molar-refractivity contribution is 0.250. The molecule has 2 aromatic rings. The Hall–Kier alpha value is -1.10. The van der Waals surface area contributed by atoms with Crippen molar-refractivity contribution in [3.63, 3.8) is 0 Å². The molecule has 2 aromatic heterocycles. The number of hydrogen-bond donors (Lipinski definition) is 0. The standard InChI is InChI=1S/C17H23NOS2/c1-18(2)11-6-12-19-16(17-10-5-14-21-17)9-3-7-15-8-4-13-20-15/h4-5,8-10,13-14H,3,6-7,11-12H2,1-2H3. The lowest BCUT2D eigenvalue weighted by Gasteiger charge is -2.12. The maximum Gasteiger partial charge on any atom is 0.132 e. The minimum Gasteiger partial charge on any atom is -0.492 e. The fraction of sp³-hybridized carbons (Fsp3) is 0.412. The van der Waals surface area contributed by atoms with Gasteiger partial charge in [-0.3, -0.25) is 0 Å². The molecule has 0 saturated heterocycles. The molecule has 4 heteroatoms. The van der Waals surface area contributed by atoms with Crippen molar-refractivity contribution in [2.24, 2.45) is 0 Å². The molecule has 21 heavy (non-hydrogen) atoms. The first-order valence-corrected chi connectivity index (χ1v) is 9.05. The van der Waals surface area contributed by atoms with E-state index in [2.05, 4.69) is 60.1 Å². The first-order chi connectivity index (χ1) is 10.3. The maximum atomic E-state index is 6.00. The first-order valence-electron chi connectivity index (χ1n) is 7.29. The molecule has 0 aliphatic rings. The molecule has 0 unspecified atom stereocenters. The Kier molecular flexibility index (Phi) is 7.00. The monoisotopic (exact) mass is 321 g/mol. The van der Waals surface area contributed by atoms with Gasteiger partial charge in [0.05, 0.1) is 11.5 Å².